The zero-order valence-electron chi connectivity index (χ0n) is 8.30. The molecule has 0 spiro atoms. The van der Waals surface area contributed by atoms with Crippen LogP contribution in [-0.4, -0.2) is 40.2 Å². The van der Waals surface area contributed by atoms with Gasteiger partial charge in [0.1, 0.15) is 0 Å². The predicted molar refractivity (Wildman–Crippen MR) is 54.6 cm³/mol. The topological polar surface area (TPSA) is 107 Å². The molecule has 1 rings (SSSR count). The van der Waals surface area contributed by atoms with Crippen molar-refractivity contribution in [1.29, 1.82) is 0 Å². The molecule has 0 aliphatic rings. The Kier molecular flexibility index (Phi) is 3.84. The average molecular weight is 225 g/mol. The van der Waals surface area contributed by atoms with Crippen LogP contribution in [0.5, 0.6) is 11.5 Å². The van der Waals surface area contributed by atoms with Crippen molar-refractivity contribution in [2.24, 2.45) is 0 Å². The van der Waals surface area contributed by atoms with E-state index in [-0.39, 0.29) is 35.9 Å². The summed E-state index contributed by atoms with van der Waals surface area (Å²) in [6.45, 7) is -0.452. The summed E-state index contributed by atoms with van der Waals surface area (Å²) in [5, 5.41) is 28.9. The Balaban J connectivity index is 2.59. The van der Waals surface area contributed by atoms with Crippen molar-refractivity contribution in [2.75, 3.05) is 13.1 Å². The van der Waals surface area contributed by atoms with Gasteiger partial charge in [0.05, 0.1) is 13.1 Å². The van der Waals surface area contributed by atoms with Crippen LogP contribution in [0.2, 0.25) is 0 Å². The van der Waals surface area contributed by atoms with Gasteiger partial charge in [0, 0.05) is 5.56 Å². The van der Waals surface area contributed by atoms with E-state index in [1.54, 1.807) is 0 Å². The average Bonchev–Trinajstić information content (AvgIpc) is 2.21. The molecule has 0 aromatic heterocycles. The Labute approximate surface area is 91.1 Å². The number of ketones is 1. The molecule has 6 heteroatoms. The molecule has 0 aliphatic heterocycles. The smallest absolute Gasteiger partial charge is 0.317 e. The van der Waals surface area contributed by atoms with Crippen LogP contribution in [-0.2, 0) is 4.79 Å². The Morgan fingerprint density at radius 3 is 2.38 bits per heavy atom. The number of carboxylic acid groups (broad SMARTS) is 1. The van der Waals surface area contributed by atoms with Gasteiger partial charge in [-0.2, -0.15) is 0 Å². The highest BCUT2D eigenvalue weighted by Crippen LogP contribution is 2.24. The van der Waals surface area contributed by atoms with Crippen LogP contribution in [0.25, 0.3) is 0 Å². The summed E-state index contributed by atoms with van der Waals surface area (Å²) in [4.78, 5) is 21.6. The molecule has 0 heterocycles. The van der Waals surface area contributed by atoms with Crippen molar-refractivity contribution in [3.8, 4) is 11.5 Å². The van der Waals surface area contributed by atoms with E-state index in [2.05, 4.69) is 5.32 Å². The van der Waals surface area contributed by atoms with Crippen molar-refractivity contribution in [3.63, 3.8) is 0 Å². The Morgan fingerprint density at radius 1 is 1.12 bits per heavy atom. The number of benzene rings is 1. The number of carboxylic acids is 1. The van der Waals surface area contributed by atoms with E-state index < -0.39 is 5.97 Å². The molecule has 0 aliphatic carbocycles. The van der Waals surface area contributed by atoms with Crippen molar-refractivity contribution in [3.05, 3.63) is 23.8 Å². The molecule has 0 unspecified atom stereocenters. The minimum absolute atomic E-state index is 0.142. The monoisotopic (exact) mass is 225 g/mol. The van der Waals surface area contributed by atoms with E-state index in [0.717, 1.165) is 6.07 Å². The molecule has 0 radical (unpaired) electrons. The summed E-state index contributed by atoms with van der Waals surface area (Å²) in [7, 11) is 0. The van der Waals surface area contributed by atoms with E-state index in [1.165, 1.54) is 12.1 Å². The lowest BCUT2D eigenvalue weighted by molar-refractivity contribution is -0.135. The third-order valence-corrected chi connectivity index (χ3v) is 1.86. The lowest BCUT2D eigenvalue weighted by Gasteiger charge is -2.03. The summed E-state index contributed by atoms with van der Waals surface area (Å²) in [6, 6.07) is 3.67. The van der Waals surface area contributed by atoms with Gasteiger partial charge in [0.2, 0.25) is 0 Å². The first kappa shape index (κ1) is 12.0. The molecule has 0 fully saturated rings. The molecule has 86 valence electrons. The van der Waals surface area contributed by atoms with Crippen LogP contribution in [0.15, 0.2) is 18.2 Å². The number of hydrogen-bond donors (Lipinski definition) is 4. The van der Waals surface area contributed by atoms with E-state index >= 15 is 0 Å². The van der Waals surface area contributed by atoms with Crippen LogP contribution in [0.3, 0.4) is 0 Å². The number of carbonyl (C=O) groups excluding carboxylic acids is 1. The summed E-state index contributed by atoms with van der Waals surface area (Å²) < 4.78 is 0. The second-order valence-corrected chi connectivity index (χ2v) is 3.12. The second-order valence-electron chi connectivity index (χ2n) is 3.12. The van der Waals surface area contributed by atoms with E-state index in [9.17, 15) is 9.59 Å². The number of rotatable bonds is 5. The maximum Gasteiger partial charge on any atom is 0.317 e. The molecule has 6 nitrogen and oxygen atoms in total. The van der Waals surface area contributed by atoms with Crippen molar-refractivity contribution >= 4 is 11.8 Å². The van der Waals surface area contributed by atoms with Crippen LogP contribution in [0.1, 0.15) is 10.4 Å². The number of aromatic hydroxyl groups is 2. The molecule has 0 bridgehead atoms. The Hall–Kier alpha value is -2.08. The van der Waals surface area contributed by atoms with Gasteiger partial charge in [-0.3, -0.25) is 14.9 Å². The van der Waals surface area contributed by atoms with Gasteiger partial charge in [-0.15, -0.1) is 0 Å². The largest absolute Gasteiger partial charge is 0.504 e. The maximum absolute atomic E-state index is 11.4. The predicted octanol–water partition coefficient (Wildman–Crippen LogP) is -0.0453. The summed E-state index contributed by atoms with van der Waals surface area (Å²) >= 11 is 0. The highest BCUT2D eigenvalue weighted by Gasteiger charge is 2.08. The second kappa shape index (κ2) is 5.13. The van der Waals surface area contributed by atoms with E-state index in [4.69, 9.17) is 15.3 Å². The number of hydrogen-bond acceptors (Lipinski definition) is 5. The van der Waals surface area contributed by atoms with Crippen molar-refractivity contribution < 1.29 is 24.9 Å². The quantitative estimate of drug-likeness (QED) is 0.413. The number of phenolic OH excluding ortho intramolecular Hbond substituents is 2. The fourth-order valence-corrected chi connectivity index (χ4v) is 1.08. The van der Waals surface area contributed by atoms with Gasteiger partial charge < -0.3 is 15.3 Å². The van der Waals surface area contributed by atoms with Crippen LogP contribution in [0, 0.1) is 0 Å². The molecule has 1 aromatic rings. The SMILES string of the molecule is O=C(O)CNCC(=O)c1ccc(O)c(O)c1. The van der Waals surface area contributed by atoms with E-state index in [0.29, 0.717) is 0 Å². The number of phenols is 2. The van der Waals surface area contributed by atoms with Crippen molar-refractivity contribution in [2.45, 2.75) is 0 Å². The lowest BCUT2D eigenvalue weighted by Crippen LogP contribution is -2.28. The Bertz CT molecular complexity index is 416. The van der Waals surface area contributed by atoms with Crippen LogP contribution < -0.4 is 5.32 Å². The fraction of sp³-hybridized carbons (Fsp3) is 0.200. The molecule has 1 aromatic carbocycles. The number of nitrogens with one attached hydrogen (secondary N) is 1. The lowest BCUT2D eigenvalue weighted by atomic mass is 10.1. The highest BCUT2D eigenvalue weighted by molar-refractivity contribution is 5.98. The molecule has 0 amide bonds. The molecular weight excluding hydrogens is 214 g/mol. The summed E-state index contributed by atoms with van der Waals surface area (Å²) in [6.07, 6.45) is 0. The minimum atomic E-state index is -1.05. The van der Waals surface area contributed by atoms with Gasteiger partial charge >= 0.3 is 5.97 Å². The zero-order valence-corrected chi connectivity index (χ0v) is 8.30. The summed E-state index contributed by atoms with van der Waals surface area (Å²) in [5.74, 6) is -2.11. The van der Waals surface area contributed by atoms with Crippen molar-refractivity contribution in [1.82, 2.24) is 5.32 Å². The van der Waals surface area contributed by atoms with Gasteiger partial charge in [0.15, 0.2) is 17.3 Å². The van der Waals surface area contributed by atoms with Gasteiger partial charge in [-0.1, -0.05) is 0 Å². The van der Waals surface area contributed by atoms with Crippen LogP contribution in [0.4, 0.5) is 0 Å². The molecule has 0 atom stereocenters. The highest BCUT2D eigenvalue weighted by atomic mass is 16.4. The van der Waals surface area contributed by atoms with Gasteiger partial charge in [0.25, 0.3) is 0 Å². The fourth-order valence-electron chi connectivity index (χ4n) is 1.08. The third-order valence-electron chi connectivity index (χ3n) is 1.86. The van der Waals surface area contributed by atoms with Gasteiger partial charge in [-0.25, -0.2) is 0 Å². The normalized spacial score (nSPS) is 10.0. The number of aliphatic carboxylic acids is 1. The minimum Gasteiger partial charge on any atom is -0.504 e. The Morgan fingerprint density at radius 2 is 1.81 bits per heavy atom. The zero-order chi connectivity index (χ0) is 12.1. The summed E-state index contributed by atoms with van der Waals surface area (Å²) in [5.41, 5.74) is 0.202. The van der Waals surface area contributed by atoms with E-state index in [1.807, 2.05) is 0 Å². The molecule has 4 N–H and O–H groups in total. The van der Waals surface area contributed by atoms with Gasteiger partial charge in [-0.05, 0) is 18.2 Å². The van der Waals surface area contributed by atoms with Crippen LogP contribution >= 0.6 is 0 Å². The molecule has 16 heavy (non-hydrogen) atoms. The maximum atomic E-state index is 11.4. The first-order valence-electron chi connectivity index (χ1n) is 4.48. The first-order valence-corrected chi connectivity index (χ1v) is 4.48. The molecular formula is C10H11NO5. The molecule has 0 saturated heterocycles. The molecule has 0 saturated carbocycles. The third kappa shape index (κ3) is 3.25. The number of Topliss-reactive ketones (excluding diaryl/α,β-unsaturated/α-hetero) is 1. The number of carbonyl (C=O) groups is 2. The standard InChI is InChI=1S/C10H11NO5/c12-7-2-1-6(3-8(7)13)9(14)4-11-5-10(15)16/h1-3,11-13H,4-5H2,(H,15,16). The first-order chi connectivity index (χ1) is 7.50.